The molecule has 3 rings (SSSR count). The van der Waals surface area contributed by atoms with Crippen molar-refractivity contribution in [2.45, 2.75) is 58.2 Å². The molecule has 8 heteroatoms. The number of hydrogen-bond donors (Lipinski definition) is 1. The second-order valence-corrected chi connectivity index (χ2v) is 6.22. The number of carbonyl (C=O) groups excluding carboxylic acids is 1. The zero-order chi connectivity index (χ0) is 17.8. The van der Waals surface area contributed by atoms with Gasteiger partial charge in [0.1, 0.15) is 5.56 Å². The molecule has 25 heavy (non-hydrogen) atoms. The van der Waals surface area contributed by atoms with E-state index in [1.54, 1.807) is 24.0 Å². The molecule has 0 aliphatic heterocycles. The summed E-state index contributed by atoms with van der Waals surface area (Å²) in [4.78, 5) is 27.4. The zero-order valence-corrected chi connectivity index (χ0v) is 14.6. The van der Waals surface area contributed by atoms with Crippen molar-refractivity contribution in [1.29, 1.82) is 0 Å². The fourth-order valence-corrected chi connectivity index (χ4v) is 3.31. The Kier molecular flexibility index (Phi) is 5.25. The smallest absolute Gasteiger partial charge is 0.341 e. The van der Waals surface area contributed by atoms with E-state index >= 15 is 0 Å². The van der Waals surface area contributed by atoms with Gasteiger partial charge in [0.15, 0.2) is 5.65 Å². The lowest BCUT2D eigenvalue weighted by atomic mass is 9.91. The Hall–Kier alpha value is -2.51. The number of carbonyl (C=O) groups is 1. The van der Waals surface area contributed by atoms with E-state index in [4.69, 9.17) is 4.74 Å². The van der Waals surface area contributed by atoms with Crippen molar-refractivity contribution in [3.05, 3.63) is 22.9 Å². The molecule has 134 valence electrons. The van der Waals surface area contributed by atoms with Crippen LogP contribution in [0.15, 0.2) is 17.6 Å². The van der Waals surface area contributed by atoms with Gasteiger partial charge < -0.3 is 10.1 Å². The molecule has 2 aromatic rings. The van der Waals surface area contributed by atoms with Gasteiger partial charge >= 0.3 is 5.97 Å². The first-order chi connectivity index (χ1) is 12.2. The minimum absolute atomic E-state index is 0.0946. The highest BCUT2D eigenvalue weighted by Crippen LogP contribution is 2.30. The molecule has 0 atom stereocenters. The summed E-state index contributed by atoms with van der Waals surface area (Å²) >= 11 is 0. The van der Waals surface area contributed by atoms with Crippen molar-refractivity contribution in [1.82, 2.24) is 14.8 Å². The maximum absolute atomic E-state index is 12.3. The number of hydrogen-bond acceptors (Lipinski definition) is 7. The van der Waals surface area contributed by atoms with E-state index in [2.05, 4.69) is 20.6 Å². The van der Waals surface area contributed by atoms with E-state index in [-0.39, 0.29) is 12.1 Å². The number of anilines is 1. The van der Waals surface area contributed by atoms with Crippen LogP contribution in [0, 0.1) is 4.91 Å². The summed E-state index contributed by atoms with van der Waals surface area (Å²) < 4.78 is 6.97. The molecule has 1 saturated carbocycles. The van der Waals surface area contributed by atoms with Gasteiger partial charge in [-0.3, -0.25) is 0 Å². The van der Waals surface area contributed by atoms with E-state index in [9.17, 15) is 9.70 Å². The molecule has 2 aromatic heterocycles. The van der Waals surface area contributed by atoms with Gasteiger partial charge in [0.2, 0.25) is 0 Å². The number of rotatable bonds is 6. The first-order valence-electron chi connectivity index (χ1n) is 8.78. The average Bonchev–Trinajstić information content (AvgIpc) is 3.06. The summed E-state index contributed by atoms with van der Waals surface area (Å²) in [6.07, 6.45) is 6.48. The standard InChI is InChI=1S/C17H23N5O3/c1-3-22-16-13(10-19-22)15(14(9-18-16)17(23)25-4-2)20-11-5-7-12(21-24)8-6-11/h9-12H,3-8H2,1-2H3,(H,18,20). The SMILES string of the molecule is CCOC(=O)c1cnc2c(cnn2CC)c1NC1CCC(N=O)CC1. The summed E-state index contributed by atoms with van der Waals surface area (Å²) in [5.74, 6) is -0.396. The monoisotopic (exact) mass is 345 g/mol. The molecular weight excluding hydrogens is 322 g/mol. The first kappa shape index (κ1) is 17.3. The molecule has 1 N–H and O–H groups in total. The molecule has 1 aliphatic rings. The number of fused-ring (bicyclic) bond motifs is 1. The van der Waals surface area contributed by atoms with Crippen LogP contribution in [0.4, 0.5) is 5.69 Å². The van der Waals surface area contributed by atoms with Gasteiger partial charge in [-0.05, 0) is 39.5 Å². The molecule has 2 heterocycles. The van der Waals surface area contributed by atoms with Gasteiger partial charge in [0.25, 0.3) is 0 Å². The van der Waals surface area contributed by atoms with Crippen molar-refractivity contribution in [3.63, 3.8) is 0 Å². The number of nitroso groups, excluding NO2 is 1. The van der Waals surface area contributed by atoms with Gasteiger partial charge in [-0.2, -0.15) is 10.0 Å². The van der Waals surface area contributed by atoms with E-state index in [1.165, 1.54) is 0 Å². The second kappa shape index (κ2) is 7.58. The highest BCUT2D eigenvalue weighted by Gasteiger charge is 2.25. The maximum Gasteiger partial charge on any atom is 0.341 e. The van der Waals surface area contributed by atoms with Crippen LogP contribution in [0.1, 0.15) is 49.9 Å². The first-order valence-corrected chi connectivity index (χ1v) is 8.78. The quantitative estimate of drug-likeness (QED) is 0.638. The van der Waals surface area contributed by atoms with Crippen LogP contribution in [0.25, 0.3) is 11.0 Å². The van der Waals surface area contributed by atoms with Crippen molar-refractivity contribution >= 4 is 22.7 Å². The third-order valence-corrected chi connectivity index (χ3v) is 4.66. The highest BCUT2D eigenvalue weighted by molar-refractivity contribution is 6.04. The summed E-state index contributed by atoms with van der Waals surface area (Å²) in [5, 5.41) is 11.8. The Morgan fingerprint density at radius 2 is 2.08 bits per heavy atom. The van der Waals surface area contributed by atoms with Crippen LogP contribution in [0.5, 0.6) is 0 Å². The minimum atomic E-state index is -0.396. The van der Waals surface area contributed by atoms with Gasteiger partial charge in [-0.25, -0.2) is 14.5 Å². The predicted molar refractivity (Wildman–Crippen MR) is 94.6 cm³/mol. The molecule has 8 nitrogen and oxygen atoms in total. The number of aromatic nitrogens is 3. The molecule has 0 bridgehead atoms. The van der Waals surface area contributed by atoms with Gasteiger partial charge in [-0.15, -0.1) is 0 Å². The van der Waals surface area contributed by atoms with Crippen LogP contribution in [0.2, 0.25) is 0 Å². The molecule has 1 aliphatic carbocycles. The van der Waals surface area contributed by atoms with Crippen LogP contribution in [-0.2, 0) is 11.3 Å². The Bertz CT molecular complexity index is 765. The lowest BCUT2D eigenvalue weighted by molar-refractivity contribution is 0.0527. The van der Waals surface area contributed by atoms with E-state index in [1.807, 2.05) is 6.92 Å². The summed E-state index contributed by atoms with van der Waals surface area (Å²) in [5.41, 5.74) is 1.87. The molecule has 0 unspecified atom stereocenters. The number of pyridine rings is 1. The van der Waals surface area contributed by atoms with Gasteiger partial charge in [0, 0.05) is 18.8 Å². The Morgan fingerprint density at radius 1 is 1.32 bits per heavy atom. The fraction of sp³-hybridized carbons (Fsp3) is 0.588. The predicted octanol–water partition coefficient (Wildman–Crippen LogP) is 3.12. The largest absolute Gasteiger partial charge is 0.462 e. The molecule has 0 amide bonds. The number of aryl methyl sites for hydroxylation is 1. The van der Waals surface area contributed by atoms with Crippen LogP contribution in [-0.4, -0.2) is 39.4 Å². The van der Waals surface area contributed by atoms with E-state index in [0.29, 0.717) is 24.4 Å². The molecule has 0 spiro atoms. The molecule has 0 aromatic carbocycles. The third kappa shape index (κ3) is 3.47. The summed E-state index contributed by atoms with van der Waals surface area (Å²) in [6, 6.07) is 0.0876. The van der Waals surface area contributed by atoms with Gasteiger partial charge in [-0.1, -0.05) is 5.18 Å². The topological polar surface area (TPSA) is 98.5 Å². The number of nitrogens with zero attached hydrogens (tertiary/aromatic N) is 4. The zero-order valence-electron chi connectivity index (χ0n) is 14.6. The van der Waals surface area contributed by atoms with Crippen molar-refractivity contribution < 1.29 is 9.53 Å². The van der Waals surface area contributed by atoms with E-state index < -0.39 is 5.97 Å². The van der Waals surface area contributed by atoms with Crippen LogP contribution in [0.3, 0.4) is 0 Å². The maximum atomic E-state index is 12.3. The average molecular weight is 345 g/mol. The Balaban J connectivity index is 1.94. The molecule has 1 fully saturated rings. The highest BCUT2D eigenvalue weighted by atomic mass is 16.5. The lowest BCUT2D eigenvalue weighted by Gasteiger charge is -2.27. The Morgan fingerprint density at radius 3 is 2.72 bits per heavy atom. The van der Waals surface area contributed by atoms with E-state index in [0.717, 1.165) is 36.7 Å². The van der Waals surface area contributed by atoms with Crippen LogP contribution >= 0.6 is 0 Å². The normalized spacial score (nSPS) is 20.4. The second-order valence-electron chi connectivity index (χ2n) is 6.22. The molecular formula is C17H23N5O3. The van der Waals surface area contributed by atoms with Crippen molar-refractivity contribution in [3.8, 4) is 0 Å². The summed E-state index contributed by atoms with van der Waals surface area (Å²) in [7, 11) is 0. The summed E-state index contributed by atoms with van der Waals surface area (Å²) in [6.45, 7) is 4.78. The molecule has 0 saturated heterocycles. The van der Waals surface area contributed by atoms with Crippen molar-refractivity contribution in [2.75, 3.05) is 11.9 Å². The van der Waals surface area contributed by atoms with Crippen LogP contribution < -0.4 is 5.32 Å². The number of nitrogens with one attached hydrogen (secondary N) is 1. The number of ether oxygens (including phenoxy) is 1. The van der Waals surface area contributed by atoms with Crippen molar-refractivity contribution in [2.24, 2.45) is 5.18 Å². The van der Waals surface area contributed by atoms with Gasteiger partial charge in [0.05, 0.1) is 29.9 Å². The third-order valence-electron chi connectivity index (χ3n) is 4.66. The molecule has 0 radical (unpaired) electrons. The number of esters is 1. The minimum Gasteiger partial charge on any atom is -0.462 e. The Labute approximate surface area is 145 Å². The lowest BCUT2D eigenvalue weighted by Crippen LogP contribution is -2.28. The fourth-order valence-electron chi connectivity index (χ4n) is 3.31.